The van der Waals surface area contributed by atoms with Gasteiger partial charge in [-0.1, -0.05) is 20.8 Å². The van der Waals surface area contributed by atoms with Crippen molar-refractivity contribution in [3.63, 3.8) is 0 Å². The molecule has 1 aromatic rings. The molecular formula is C16H27N3S. The zero-order valence-electron chi connectivity index (χ0n) is 13.2. The van der Waals surface area contributed by atoms with E-state index in [1.54, 1.807) is 0 Å². The number of aromatic nitrogens is 1. The van der Waals surface area contributed by atoms with Gasteiger partial charge in [0, 0.05) is 23.4 Å². The Morgan fingerprint density at radius 2 is 2.20 bits per heavy atom. The molecule has 0 spiro atoms. The molecule has 112 valence electrons. The second-order valence-corrected chi connectivity index (χ2v) is 8.26. The molecule has 0 amide bonds. The molecule has 0 aromatic carbocycles. The Balaban J connectivity index is 1.87. The zero-order valence-corrected chi connectivity index (χ0v) is 14.0. The van der Waals surface area contributed by atoms with Crippen LogP contribution in [0.1, 0.15) is 57.2 Å². The van der Waals surface area contributed by atoms with Crippen molar-refractivity contribution in [3.05, 3.63) is 16.1 Å². The molecule has 2 fully saturated rings. The molecule has 2 aliphatic heterocycles. The quantitative estimate of drug-likeness (QED) is 0.908. The molecule has 1 aromatic heterocycles. The smallest absolute Gasteiger partial charge is 0.113 e. The summed E-state index contributed by atoms with van der Waals surface area (Å²) in [6, 6.07) is 0.762. The number of thiazole rings is 1. The largest absolute Gasteiger partial charge is 0.308 e. The number of nitrogens with one attached hydrogen (secondary N) is 1. The number of fused-ring (bicyclic) bond motifs is 1. The number of piperidine rings is 1. The standard InChI is InChI=1S/C16H27N3S/c1-15(2,3)13-11-20-14(18-13)16(17-4)7-9-19-8-5-6-12(19)10-16/h11-12,17H,5-10H2,1-4H3. The Kier molecular flexibility index (Phi) is 3.68. The second-order valence-electron chi connectivity index (χ2n) is 7.41. The molecule has 0 radical (unpaired) electrons. The first-order chi connectivity index (χ1) is 9.44. The minimum absolute atomic E-state index is 0.111. The summed E-state index contributed by atoms with van der Waals surface area (Å²) in [4.78, 5) is 7.67. The van der Waals surface area contributed by atoms with Crippen LogP contribution in [0.5, 0.6) is 0 Å². The first kappa shape index (κ1) is 14.5. The molecular weight excluding hydrogens is 266 g/mol. The van der Waals surface area contributed by atoms with E-state index >= 15 is 0 Å². The second kappa shape index (κ2) is 5.08. The van der Waals surface area contributed by atoms with Gasteiger partial charge in [0.2, 0.25) is 0 Å². The van der Waals surface area contributed by atoms with E-state index in [0.717, 1.165) is 6.04 Å². The van der Waals surface area contributed by atoms with Crippen LogP contribution in [-0.2, 0) is 11.0 Å². The SMILES string of the molecule is CNC1(c2nc(C(C)(C)C)cs2)CCN2CCCC2C1. The van der Waals surface area contributed by atoms with Gasteiger partial charge < -0.3 is 10.2 Å². The predicted molar refractivity (Wildman–Crippen MR) is 85.4 cm³/mol. The third kappa shape index (κ3) is 2.42. The maximum atomic E-state index is 5.00. The van der Waals surface area contributed by atoms with Crippen LogP contribution >= 0.6 is 11.3 Å². The number of hydrogen-bond acceptors (Lipinski definition) is 4. The average molecular weight is 293 g/mol. The Morgan fingerprint density at radius 3 is 2.85 bits per heavy atom. The van der Waals surface area contributed by atoms with Gasteiger partial charge in [-0.2, -0.15) is 0 Å². The maximum absolute atomic E-state index is 5.00. The van der Waals surface area contributed by atoms with E-state index in [2.05, 4.69) is 43.4 Å². The van der Waals surface area contributed by atoms with Gasteiger partial charge in [0.15, 0.2) is 0 Å². The third-order valence-electron chi connectivity index (χ3n) is 5.07. The summed E-state index contributed by atoms with van der Waals surface area (Å²) in [5.41, 5.74) is 1.50. The molecule has 3 heterocycles. The average Bonchev–Trinajstić information content (AvgIpc) is 3.06. The fourth-order valence-corrected chi connectivity index (χ4v) is 4.92. The summed E-state index contributed by atoms with van der Waals surface area (Å²) in [5.74, 6) is 0. The van der Waals surface area contributed by atoms with E-state index in [-0.39, 0.29) is 11.0 Å². The van der Waals surface area contributed by atoms with Gasteiger partial charge in [-0.15, -0.1) is 11.3 Å². The lowest BCUT2D eigenvalue weighted by molar-refractivity contribution is 0.110. The molecule has 2 atom stereocenters. The highest BCUT2D eigenvalue weighted by Gasteiger charge is 2.43. The third-order valence-corrected chi connectivity index (χ3v) is 6.12. The lowest BCUT2D eigenvalue weighted by atomic mass is 9.83. The van der Waals surface area contributed by atoms with Gasteiger partial charge in [0.1, 0.15) is 5.01 Å². The van der Waals surface area contributed by atoms with E-state index in [9.17, 15) is 0 Å². The first-order valence-electron chi connectivity index (χ1n) is 7.84. The monoisotopic (exact) mass is 293 g/mol. The number of nitrogens with zero attached hydrogens (tertiary/aromatic N) is 2. The molecule has 2 saturated heterocycles. The van der Waals surface area contributed by atoms with Gasteiger partial charge in [0.25, 0.3) is 0 Å². The van der Waals surface area contributed by atoms with E-state index in [1.165, 1.54) is 49.5 Å². The normalized spacial score (nSPS) is 31.5. The van der Waals surface area contributed by atoms with E-state index in [4.69, 9.17) is 4.98 Å². The lowest BCUT2D eigenvalue weighted by Gasteiger charge is -2.43. The van der Waals surface area contributed by atoms with Crippen LogP contribution in [-0.4, -0.2) is 36.1 Å². The lowest BCUT2D eigenvalue weighted by Crippen LogP contribution is -2.52. The van der Waals surface area contributed by atoms with Crippen molar-refractivity contribution in [2.45, 2.75) is 63.5 Å². The van der Waals surface area contributed by atoms with Gasteiger partial charge in [-0.25, -0.2) is 4.98 Å². The highest BCUT2D eigenvalue weighted by molar-refractivity contribution is 7.09. The predicted octanol–water partition coefficient (Wildman–Crippen LogP) is 3.11. The van der Waals surface area contributed by atoms with Crippen LogP contribution in [0.2, 0.25) is 0 Å². The summed E-state index contributed by atoms with van der Waals surface area (Å²) in [6.07, 6.45) is 5.15. The molecule has 0 saturated carbocycles. The Hall–Kier alpha value is -0.450. The van der Waals surface area contributed by atoms with E-state index in [1.807, 2.05) is 11.3 Å². The summed E-state index contributed by atoms with van der Waals surface area (Å²) in [5, 5.41) is 7.19. The Bertz CT molecular complexity index is 476. The highest BCUT2D eigenvalue weighted by Crippen LogP contribution is 2.41. The van der Waals surface area contributed by atoms with Crippen molar-refractivity contribution in [2.24, 2.45) is 0 Å². The summed E-state index contributed by atoms with van der Waals surface area (Å²) in [7, 11) is 2.11. The summed E-state index contributed by atoms with van der Waals surface area (Å²) >= 11 is 1.85. The minimum atomic E-state index is 0.111. The minimum Gasteiger partial charge on any atom is -0.308 e. The maximum Gasteiger partial charge on any atom is 0.113 e. The highest BCUT2D eigenvalue weighted by atomic mass is 32.1. The van der Waals surface area contributed by atoms with E-state index < -0.39 is 0 Å². The van der Waals surface area contributed by atoms with E-state index in [0.29, 0.717) is 0 Å². The summed E-state index contributed by atoms with van der Waals surface area (Å²) < 4.78 is 0. The fourth-order valence-electron chi connectivity index (χ4n) is 3.63. The van der Waals surface area contributed by atoms with Crippen LogP contribution < -0.4 is 5.32 Å². The van der Waals surface area contributed by atoms with Crippen molar-refractivity contribution in [1.82, 2.24) is 15.2 Å². The first-order valence-corrected chi connectivity index (χ1v) is 8.72. The van der Waals surface area contributed by atoms with Crippen LogP contribution in [0.25, 0.3) is 0 Å². The van der Waals surface area contributed by atoms with Gasteiger partial charge in [0.05, 0.1) is 11.2 Å². The van der Waals surface area contributed by atoms with Crippen LogP contribution in [0.4, 0.5) is 0 Å². The molecule has 3 rings (SSSR count). The topological polar surface area (TPSA) is 28.2 Å². The molecule has 0 bridgehead atoms. The van der Waals surface area contributed by atoms with Crippen molar-refractivity contribution in [2.75, 3.05) is 20.1 Å². The molecule has 4 heteroatoms. The molecule has 3 nitrogen and oxygen atoms in total. The molecule has 2 unspecified atom stereocenters. The molecule has 1 N–H and O–H groups in total. The Morgan fingerprint density at radius 1 is 1.40 bits per heavy atom. The van der Waals surface area contributed by atoms with Crippen LogP contribution in [0.3, 0.4) is 0 Å². The Labute approximate surface area is 126 Å². The molecule has 0 aliphatic carbocycles. The molecule has 2 aliphatic rings. The molecule has 20 heavy (non-hydrogen) atoms. The van der Waals surface area contributed by atoms with Crippen LogP contribution in [0, 0.1) is 0 Å². The number of hydrogen-bond donors (Lipinski definition) is 1. The van der Waals surface area contributed by atoms with Crippen molar-refractivity contribution >= 4 is 11.3 Å². The van der Waals surface area contributed by atoms with Gasteiger partial charge in [-0.3, -0.25) is 0 Å². The fraction of sp³-hybridized carbons (Fsp3) is 0.812. The van der Waals surface area contributed by atoms with Crippen LogP contribution in [0.15, 0.2) is 5.38 Å². The zero-order chi connectivity index (χ0) is 14.4. The van der Waals surface area contributed by atoms with Crippen molar-refractivity contribution < 1.29 is 0 Å². The van der Waals surface area contributed by atoms with Crippen molar-refractivity contribution in [1.29, 1.82) is 0 Å². The summed E-state index contributed by atoms with van der Waals surface area (Å²) in [6.45, 7) is 9.26. The van der Waals surface area contributed by atoms with Gasteiger partial charge >= 0.3 is 0 Å². The van der Waals surface area contributed by atoms with Crippen molar-refractivity contribution in [3.8, 4) is 0 Å². The number of rotatable bonds is 2. The van der Waals surface area contributed by atoms with Gasteiger partial charge in [-0.05, 0) is 39.3 Å².